The van der Waals surface area contributed by atoms with Crippen LogP contribution < -0.4 is 5.32 Å². The first kappa shape index (κ1) is 12.4. The van der Waals surface area contributed by atoms with Crippen molar-refractivity contribution in [1.82, 2.24) is 24.9 Å². The number of nitrogens with one attached hydrogen (secondary N) is 1. The topological polar surface area (TPSA) is 70.5 Å². The van der Waals surface area contributed by atoms with Gasteiger partial charge in [0, 0.05) is 27.3 Å². The maximum absolute atomic E-state index is 12.0. The first-order valence-electron chi connectivity index (χ1n) is 5.74. The van der Waals surface area contributed by atoms with Crippen LogP contribution in [0, 0.1) is 0 Å². The van der Waals surface area contributed by atoms with Crippen LogP contribution >= 0.6 is 0 Å². The summed E-state index contributed by atoms with van der Waals surface area (Å²) in [5, 5.41) is 6.75. The van der Waals surface area contributed by atoms with Gasteiger partial charge in [0.15, 0.2) is 0 Å². The van der Waals surface area contributed by atoms with E-state index in [4.69, 9.17) is 0 Å². The van der Waals surface area contributed by atoms with Gasteiger partial charge in [-0.3, -0.25) is 9.48 Å². The molecular formula is C11H17N5O2. The molecule has 1 aromatic rings. The molecule has 1 N–H and O–H groups in total. The summed E-state index contributed by atoms with van der Waals surface area (Å²) in [6.07, 6.45) is 1.65. The molecule has 2 heterocycles. The van der Waals surface area contributed by atoms with Gasteiger partial charge in [-0.25, -0.2) is 4.79 Å². The van der Waals surface area contributed by atoms with Gasteiger partial charge in [0.05, 0.1) is 18.8 Å². The second kappa shape index (κ2) is 4.67. The van der Waals surface area contributed by atoms with Crippen LogP contribution in [0.4, 0.5) is 4.79 Å². The van der Waals surface area contributed by atoms with Crippen molar-refractivity contribution >= 4 is 11.9 Å². The third kappa shape index (κ3) is 2.03. The van der Waals surface area contributed by atoms with Crippen LogP contribution in [-0.4, -0.2) is 59.2 Å². The highest BCUT2D eigenvalue weighted by Crippen LogP contribution is 2.21. The Morgan fingerprint density at radius 3 is 2.83 bits per heavy atom. The molecule has 3 amide bonds. The number of fused-ring (bicyclic) bond motifs is 1. The van der Waals surface area contributed by atoms with Gasteiger partial charge < -0.3 is 15.1 Å². The zero-order chi connectivity index (χ0) is 13.3. The van der Waals surface area contributed by atoms with E-state index < -0.39 is 6.04 Å². The summed E-state index contributed by atoms with van der Waals surface area (Å²) in [4.78, 5) is 27.0. The number of amides is 3. The highest BCUT2D eigenvalue weighted by molar-refractivity contribution is 5.82. The average molecular weight is 251 g/mol. The van der Waals surface area contributed by atoms with E-state index in [0.717, 1.165) is 5.69 Å². The van der Waals surface area contributed by atoms with Crippen molar-refractivity contribution in [3.05, 3.63) is 18.0 Å². The van der Waals surface area contributed by atoms with Crippen LogP contribution in [0.1, 0.15) is 11.7 Å². The Kier molecular flexibility index (Phi) is 3.22. The van der Waals surface area contributed by atoms with Crippen molar-refractivity contribution < 1.29 is 9.59 Å². The first-order chi connectivity index (χ1) is 8.54. The summed E-state index contributed by atoms with van der Waals surface area (Å²) in [5.74, 6) is -0.142. The molecule has 0 bridgehead atoms. The molecule has 1 atom stereocenters. The number of hydrogen-bond acceptors (Lipinski definition) is 3. The number of carbonyl (C=O) groups is 2. The molecule has 0 fully saturated rings. The third-order valence-electron chi connectivity index (χ3n) is 3.00. The molecule has 18 heavy (non-hydrogen) atoms. The van der Waals surface area contributed by atoms with E-state index in [1.54, 1.807) is 36.9 Å². The van der Waals surface area contributed by atoms with Crippen molar-refractivity contribution in [2.45, 2.75) is 12.6 Å². The molecule has 0 spiro atoms. The van der Waals surface area contributed by atoms with Crippen LogP contribution in [0.25, 0.3) is 0 Å². The van der Waals surface area contributed by atoms with E-state index in [0.29, 0.717) is 13.1 Å². The minimum atomic E-state index is -0.461. The monoisotopic (exact) mass is 251 g/mol. The van der Waals surface area contributed by atoms with Crippen molar-refractivity contribution in [3.63, 3.8) is 0 Å². The Morgan fingerprint density at radius 2 is 2.22 bits per heavy atom. The molecule has 98 valence electrons. The van der Waals surface area contributed by atoms with Gasteiger partial charge in [0.25, 0.3) is 0 Å². The van der Waals surface area contributed by atoms with Crippen LogP contribution in [0.2, 0.25) is 0 Å². The smallest absolute Gasteiger partial charge is 0.319 e. The van der Waals surface area contributed by atoms with Gasteiger partial charge in [-0.05, 0) is 6.07 Å². The minimum Gasteiger partial charge on any atom is -0.357 e. The SMILES string of the molecule is CNC(=O)[C@H]1CN(C(=O)N(C)C)Cc2ccnn21. The first-order valence-corrected chi connectivity index (χ1v) is 5.74. The van der Waals surface area contributed by atoms with Crippen LogP contribution in [-0.2, 0) is 11.3 Å². The molecule has 1 aromatic heterocycles. The van der Waals surface area contributed by atoms with Gasteiger partial charge in [0.1, 0.15) is 6.04 Å². The molecule has 0 radical (unpaired) electrons. The molecule has 0 saturated heterocycles. The Balaban J connectivity index is 2.28. The van der Waals surface area contributed by atoms with Gasteiger partial charge in [0.2, 0.25) is 5.91 Å². The van der Waals surface area contributed by atoms with E-state index in [1.165, 1.54) is 4.90 Å². The lowest BCUT2D eigenvalue weighted by molar-refractivity contribution is -0.125. The van der Waals surface area contributed by atoms with Gasteiger partial charge in [-0.15, -0.1) is 0 Å². The summed E-state index contributed by atoms with van der Waals surface area (Å²) in [6.45, 7) is 0.815. The molecule has 0 aliphatic carbocycles. The van der Waals surface area contributed by atoms with Crippen molar-refractivity contribution in [2.75, 3.05) is 27.7 Å². The molecule has 2 rings (SSSR count). The standard InChI is InChI=1S/C11H17N5O2/c1-12-10(17)9-7-15(11(18)14(2)3)6-8-4-5-13-16(8)9/h4-5,9H,6-7H2,1-3H3,(H,12,17)/t9-/m1/s1. The predicted molar refractivity (Wildman–Crippen MR) is 64.8 cm³/mol. The highest BCUT2D eigenvalue weighted by atomic mass is 16.2. The van der Waals surface area contributed by atoms with E-state index >= 15 is 0 Å². The number of urea groups is 1. The minimum absolute atomic E-state index is 0.101. The van der Waals surface area contributed by atoms with Crippen LogP contribution in [0.5, 0.6) is 0 Å². The fraction of sp³-hybridized carbons (Fsp3) is 0.545. The van der Waals surface area contributed by atoms with Gasteiger partial charge in [-0.1, -0.05) is 0 Å². The molecule has 1 aliphatic rings. The number of aromatic nitrogens is 2. The lowest BCUT2D eigenvalue weighted by Crippen LogP contribution is -2.49. The molecule has 0 unspecified atom stereocenters. The second-order valence-electron chi connectivity index (χ2n) is 4.45. The molecular weight excluding hydrogens is 234 g/mol. The maximum Gasteiger partial charge on any atom is 0.319 e. The van der Waals surface area contributed by atoms with E-state index in [1.807, 2.05) is 6.07 Å². The van der Waals surface area contributed by atoms with Crippen LogP contribution in [0.15, 0.2) is 12.3 Å². The predicted octanol–water partition coefficient (Wildman–Crippen LogP) is -0.333. The maximum atomic E-state index is 12.0. The summed E-state index contributed by atoms with van der Waals surface area (Å²) in [7, 11) is 4.98. The van der Waals surface area contributed by atoms with Crippen LogP contribution in [0.3, 0.4) is 0 Å². The Hall–Kier alpha value is -2.05. The third-order valence-corrected chi connectivity index (χ3v) is 3.00. The average Bonchev–Trinajstić information content (AvgIpc) is 2.83. The Labute approximate surface area is 105 Å². The quantitative estimate of drug-likeness (QED) is 0.743. The fourth-order valence-corrected chi connectivity index (χ4v) is 2.08. The Morgan fingerprint density at radius 1 is 1.50 bits per heavy atom. The number of nitrogens with zero attached hydrogens (tertiary/aromatic N) is 4. The molecule has 1 aliphatic heterocycles. The number of rotatable bonds is 1. The van der Waals surface area contributed by atoms with Crippen molar-refractivity contribution in [3.8, 4) is 0 Å². The largest absolute Gasteiger partial charge is 0.357 e. The zero-order valence-electron chi connectivity index (χ0n) is 10.8. The summed E-state index contributed by atoms with van der Waals surface area (Å²) < 4.78 is 1.68. The van der Waals surface area contributed by atoms with Gasteiger partial charge >= 0.3 is 6.03 Å². The number of hydrogen-bond donors (Lipinski definition) is 1. The second-order valence-corrected chi connectivity index (χ2v) is 4.45. The lowest BCUT2D eigenvalue weighted by Gasteiger charge is -2.34. The molecule has 0 aromatic carbocycles. The normalized spacial score (nSPS) is 18.2. The van der Waals surface area contributed by atoms with E-state index in [2.05, 4.69) is 10.4 Å². The number of likely N-dealkylation sites (N-methyl/N-ethyl adjacent to an activating group) is 1. The lowest BCUT2D eigenvalue weighted by atomic mass is 10.2. The summed E-state index contributed by atoms with van der Waals surface area (Å²) in [6, 6.07) is 1.26. The molecule has 0 saturated carbocycles. The number of carbonyl (C=O) groups excluding carboxylic acids is 2. The van der Waals surface area contributed by atoms with E-state index in [9.17, 15) is 9.59 Å². The zero-order valence-corrected chi connectivity index (χ0v) is 10.8. The fourth-order valence-electron chi connectivity index (χ4n) is 2.08. The van der Waals surface area contributed by atoms with E-state index in [-0.39, 0.29) is 11.9 Å². The summed E-state index contributed by atoms with van der Waals surface area (Å²) in [5.41, 5.74) is 0.866. The molecule has 7 nitrogen and oxygen atoms in total. The van der Waals surface area contributed by atoms with Gasteiger partial charge in [-0.2, -0.15) is 5.10 Å². The van der Waals surface area contributed by atoms with Crippen molar-refractivity contribution in [1.29, 1.82) is 0 Å². The Bertz CT molecular complexity index is 468. The highest BCUT2D eigenvalue weighted by Gasteiger charge is 2.32. The summed E-state index contributed by atoms with van der Waals surface area (Å²) >= 11 is 0. The molecule has 7 heteroatoms. The van der Waals surface area contributed by atoms with Crippen molar-refractivity contribution in [2.24, 2.45) is 0 Å².